The van der Waals surface area contributed by atoms with E-state index in [0.717, 1.165) is 22.6 Å². The topological polar surface area (TPSA) is 66.8 Å². The highest BCUT2D eigenvalue weighted by atomic mass is 16.6. The Labute approximate surface area is 153 Å². The van der Waals surface area contributed by atoms with Gasteiger partial charge in [-0.05, 0) is 62.1 Å². The number of aldehydes is 1. The quantitative estimate of drug-likeness (QED) is 0.831. The van der Waals surface area contributed by atoms with Crippen LogP contribution in [0.15, 0.2) is 36.4 Å². The molecule has 0 unspecified atom stereocenters. The van der Waals surface area contributed by atoms with E-state index < -0.39 is 11.2 Å². The molecule has 0 aromatic heterocycles. The fraction of sp³-hybridized carbons (Fsp3) is 0.429. The first kappa shape index (κ1) is 18.4. The monoisotopic (exact) mass is 355 g/mol. The van der Waals surface area contributed by atoms with E-state index in [1.54, 1.807) is 11.0 Å². The maximum absolute atomic E-state index is 12.2. The van der Waals surface area contributed by atoms with Gasteiger partial charge in [0.15, 0.2) is 6.29 Å². The van der Waals surface area contributed by atoms with E-state index in [2.05, 4.69) is 0 Å². The molecule has 2 aromatic carbocycles. The number of likely N-dealkylation sites (tertiary alicyclic amines) is 1. The predicted molar refractivity (Wildman–Crippen MR) is 100 cm³/mol. The molecule has 0 atom stereocenters. The van der Waals surface area contributed by atoms with Gasteiger partial charge in [0.25, 0.3) is 0 Å². The highest BCUT2D eigenvalue weighted by molar-refractivity contribution is 5.98. The molecule has 0 radical (unpaired) electrons. The van der Waals surface area contributed by atoms with Crippen LogP contribution in [0.25, 0.3) is 10.8 Å². The minimum absolute atomic E-state index is 0.355. The van der Waals surface area contributed by atoms with Crippen LogP contribution < -0.4 is 0 Å². The van der Waals surface area contributed by atoms with Gasteiger partial charge in [-0.15, -0.1) is 0 Å². The molecule has 0 spiro atoms. The van der Waals surface area contributed by atoms with Crippen molar-refractivity contribution in [2.24, 2.45) is 0 Å². The summed E-state index contributed by atoms with van der Waals surface area (Å²) in [6.07, 6.45) is 1.28. The molecule has 1 aliphatic heterocycles. The average Bonchev–Trinajstić information content (AvgIpc) is 2.59. The molecule has 5 heteroatoms. The van der Waals surface area contributed by atoms with Crippen molar-refractivity contribution in [3.05, 3.63) is 47.5 Å². The van der Waals surface area contributed by atoms with Crippen molar-refractivity contribution in [2.45, 2.75) is 44.8 Å². The van der Waals surface area contributed by atoms with Gasteiger partial charge in [-0.1, -0.05) is 24.3 Å². The molecule has 1 heterocycles. The Morgan fingerprint density at radius 2 is 1.85 bits per heavy atom. The van der Waals surface area contributed by atoms with Crippen LogP contribution in [0.2, 0.25) is 0 Å². The summed E-state index contributed by atoms with van der Waals surface area (Å²) >= 11 is 0. The van der Waals surface area contributed by atoms with Crippen molar-refractivity contribution < 1.29 is 19.4 Å². The predicted octanol–water partition coefficient (Wildman–Crippen LogP) is 3.87. The van der Waals surface area contributed by atoms with Gasteiger partial charge in [-0.3, -0.25) is 4.79 Å². The number of hydrogen-bond acceptors (Lipinski definition) is 4. The first-order valence-electron chi connectivity index (χ1n) is 8.91. The number of aliphatic hydroxyl groups is 1. The molecule has 26 heavy (non-hydrogen) atoms. The number of piperidine rings is 1. The van der Waals surface area contributed by atoms with Crippen molar-refractivity contribution >= 4 is 23.2 Å². The highest BCUT2D eigenvalue weighted by Crippen LogP contribution is 2.35. The molecule has 0 bridgehead atoms. The Balaban J connectivity index is 1.82. The van der Waals surface area contributed by atoms with Gasteiger partial charge in [0.2, 0.25) is 0 Å². The Kier molecular flexibility index (Phi) is 4.76. The summed E-state index contributed by atoms with van der Waals surface area (Å²) in [5.74, 6) is 0. The third-order valence-corrected chi connectivity index (χ3v) is 4.80. The van der Waals surface area contributed by atoms with Gasteiger partial charge in [-0.2, -0.15) is 0 Å². The number of rotatable bonds is 2. The number of amides is 1. The van der Waals surface area contributed by atoms with Crippen molar-refractivity contribution in [1.29, 1.82) is 0 Å². The molecule has 5 nitrogen and oxygen atoms in total. The third kappa shape index (κ3) is 3.73. The minimum atomic E-state index is -1.06. The molecule has 1 amide bonds. The number of carbonyl (C=O) groups excluding carboxylic acids is 2. The standard InChI is InChI=1S/C21H25NO4/c1-20(2,3)26-19(24)22-10-8-21(25,9-11-22)17-12-15-6-4-5-7-18(15)16(13-17)14-23/h4-7,12-14,25H,8-11H2,1-3H3. The van der Waals surface area contributed by atoms with Crippen molar-refractivity contribution in [3.63, 3.8) is 0 Å². The number of nitrogens with zero attached hydrogens (tertiary/aromatic N) is 1. The van der Waals surface area contributed by atoms with Gasteiger partial charge in [0, 0.05) is 18.7 Å². The summed E-state index contributed by atoms with van der Waals surface area (Å²) in [6.45, 7) is 6.33. The summed E-state index contributed by atoms with van der Waals surface area (Å²) < 4.78 is 5.40. The second-order valence-electron chi connectivity index (χ2n) is 7.90. The average molecular weight is 355 g/mol. The van der Waals surface area contributed by atoms with Crippen molar-refractivity contribution in [1.82, 2.24) is 4.90 Å². The molecular weight excluding hydrogens is 330 g/mol. The van der Waals surface area contributed by atoms with Crippen LogP contribution in [0.3, 0.4) is 0 Å². The molecule has 1 aliphatic rings. The van der Waals surface area contributed by atoms with E-state index in [9.17, 15) is 14.7 Å². The van der Waals surface area contributed by atoms with Crippen LogP contribution in [-0.4, -0.2) is 41.1 Å². The first-order valence-corrected chi connectivity index (χ1v) is 8.91. The van der Waals surface area contributed by atoms with Crippen LogP contribution in [0.5, 0.6) is 0 Å². The molecular formula is C21H25NO4. The van der Waals surface area contributed by atoms with Gasteiger partial charge in [0.05, 0.1) is 5.60 Å². The first-order chi connectivity index (χ1) is 12.2. The second-order valence-corrected chi connectivity index (χ2v) is 7.90. The van der Waals surface area contributed by atoms with E-state index in [0.29, 0.717) is 31.5 Å². The summed E-state index contributed by atoms with van der Waals surface area (Å²) in [6, 6.07) is 11.3. The van der Waals surface area contributed by atoms with Gasteiger partial charge >= 0.3 is 6.09 Å². The Morgan fingerprint density at radius 3 is 2.46 bits per heavy atom. The van der Waals surface area contributed by atoms with E-state index in [4.69, 9.17) is 4.74 Å². The lowest BCUT2D eigenvalue weighted by molar-refractivity contribution is -0.0355. The lowest BCUT2D eigenvalue weighted by Crippen LogP contribution is -2.46. The van der Waals surface area contributed by atoms with Crippen LogP contribution in [0.1, 0.15) is 49.5 Å². The van der Waals surface area contributed by atoms with Gasteiger partial charge in [0.1, 0.15) is 5.60 Å². The Morgan fingerprint density at radius 1 is 1.19 bits per heavy atom. The highest BCUT2D eigenvalue weighted by Gasteiger charge is 2.37. The number of benzene rings is 2. The van der Waals surface area contributed by atoms with Gasteiger partial charge in [-0.25, -0.2) is 4.79 Å². The number of ether oxygens (including phenoxy) is 1. The molecule has 0 saturated carbocycles. The van der Waals surface area contributed by atoms with E-state index in [-0.39, 0.29) is 6.09 Å². The second kappa shape index (κ2) is 6.72. The zero-order chi connectivity index (χ0) is 18.9. The van der Waals surface area contributed by atoms with Crippen molar-refractivity contribution in [3.8, 4) is 0 Å². The molecule has 0 aliphatic carbocycles. The lowest BCUT2D eigenvalue weighted by Gasteiger charge is -2.39. The Bertz CT molecular complexity index is 830. The largest absolute Gasteiger partial charge is 0.444 e. The van der Waals surface area contributed by atoms with E-state index >= 15 is 0 Å². The fourth-order valence-electron chi connectivity index (χ4n) is 3.38. The van der Waals surface area contributed by atoms with Gasteiger partial charge < -0.3 is 14.7 Å². The SMILES string of the molecule is CC(C)(C)OC(=O)N1CCC(O)(c2cc(C=O)c3ccccc3c2)CC1. The number of fused-ring (bicyclic) bond motifs is 1. The lowest BCUT2D eigenvalue weighted by atomic mass is 9.82. The molecule has 1 saturated heterocycles. The normalized spacial score (nSPS) is 17.2. The van der Waals surface area contributed by atoms with Crippen LogP contribution in [-0.2, 0) is 10.3 Å². The summed E-state index contributed by atoms with van der Waals surface area (Å²) in [5, 5.41) is 13.0. The van der Waals surface area contributed by atoms with Crippen molar-refractivity contribution in [2.75, 3.05) is 13.1 Å². The molecule has 3 rings (SSSR count). The maximum atomic E-state index is 12.2. The van der Waals surface area contributed by atoms with Crippen LogP contribution in [0.4, 0.5) is 4.79 Å². The third-order valence-electron chi connectivity index (χ3n) is 4.80. The zero-order valence-corrected chi connectivity index (χ0v) is 15.5. The summed E-state index contributed by atoms with van der Waals surface area (Å²) in [7, 11) is 0. The minimum Gasteiger partial charge on any atom is -0.444 e. The van der Waals surface area contributed by atoms with E-state index in [1.807, 2.05) is 51.1 Å². The zero-order valence-electron chi connectivity index (χ0n) is 15.5. The molecule has 2 aromatic rings. The van der Waals surface area contributed by atoms with Crippen LogP contribution >= 0.6 is 0 Å². The van der Waals surface area contributed by atoms with E-state index in [1.165, 1.54) is 0 Å². The smallest absolute Gasteiger partial charge is 0.410 e. The molecule has 1 N–H and O–H groups in total. The maximum Gasteiger partial charge on any atom is 0.410 e. The number of carbonyl (C=O) groups is 2. The Hall–Kier alpha value is -2.40. The molecule has 138 valence electrons. The fourth-order valence-corrected chi connectivity index (χ4v) is 3.38. The van der Waals surface area contributed by atoms with Crippen LogP contribution in [0, 0.1) is 0 Å². The number of hydrogen-bond donors (Lipinski definition) is 1. The molecule has 1 fully saturated rings. The summed E-state index contributed by atoms with van der Waals surface area (Å²) in [5.41, 5.74) is -0.300. The summed E-state index contributed by atoms with van der Waals surface area (Å²) in [4.78, 5) is 25.3.